The van der Waals surface area contributed by atoms with Crippen molar-refractivity contribution in [2.45, 2.75) is 46.2 Å². The quantitative estimate of drug-likeness (QED) is 0.488. The van der Waals surface area contributed by atoms with Crippen LogP contribution in [0.5, 0.6) is 0 Å². The Morgan fingerprint density at radius 3 is 2.05 bits per heavy atom. The van der Waals surface area contributed by atoms with Crippen molar-refractivity contribution in [3.05, 3.63) is 0 Å². The van der Waals surface area contributed by atoms with Crippen molar-refractivity contribution in [2.24, 2.45) is 17.6 Å². The standard InChI is InChI=1S/C13H25N3O4/c1-7(2)9(5-11(18)19)16-10(17)6-15-13(20)12(14)8(3)4/h7-9,12H,5-6,14H2,1-4H3,(H,15,20)(H,16,17)(H,18,19)/t9?,12-/m0/s1. The van der Waals surface area contributed by atoms with Crippen molar-refractivity contribution in [1.82, 2.24) is 10.6 Å². The summed E-state index contributed by atoms with van der Waals surface area (Å²) in [6, 6.07) is -1.13. The lowest BCUT2D eigenvalue weighted by atomic mass is 10.0. The summed E-state index contributed by atoms with van der Waals surface area (Å²) in [6.07, 6.45) is -0.150. The minimum Gasteiger partial charge on any atom is -0.481 e. The number of hydrogen-bond donors (Lipinski definition) is 4. The fraction of sp³-hybridized carbons (Fsp3) is 0.769. The second-order valence-electron chi connectivity index (χ2n) is 5.50. The van der Waals surface area contributed by atoms with Crippen LogP contribution in [0.25, 0.3) is 0 Å². The maximum absolute atomic E-state index is 11.7. The van der Waals surface area contributed by atoms with E-state index < -0.39 is 29.9 Å². The number of rotatable bonds is 8. The molecule has 116 valence electrons. The minimum absolute atomic E-state index is 0.0105. The van der Waals surface area contributed by atoms with E-state index in [0.717, 1.165) is 0 Å². The summed E-state index contributed by atoms with van der Waals surface area (Å²) in [7, 11) is 0. The molecule has 2 atom stereocenters. The van der Waals surface area contributed by atoms with E-state index in [0.29, 0.717) is 0 Å². The molecule has 0 aliphatic heterocycles. The third-order valence-corrected chi connectivity index (χ3v) is 2.99. The molecule has 0 aromatic rings. The van der Waals surface area contributed by atoms with E-state index >= 15 is 0 Å². The van der Waals surface area contributed by atoms with Crippen molar-refractivity contribution in [1.29, 1.82) is 0 Å². The van der Waals surface area contributed by atoms with Crippen LogP contribution in [0.2, 0.25) is 0 Å². The zero-order valence-corrected chi connectivity index (χ0v) is 12.5. The van der Waals surface area contributed by atoms with Gasteiger partial charge in [0.1, 0.15) is 0 Å². The third kappa shape index (κ3) is 7.08. The molecule has 5 N–H and O–H groups in total. The van der Waals surface area contributed by atoms with Gasteiger partial charge in [-0.25, -0.2) is 0 Å². The summed E-state index contributed by atoms with van der Waals surface area (Å²) in [5, 5.41) is 13.8. The molecule has 0 spiro atoms. The number of nitrogens with two attached hydrogens (primary N) is 1. The molecule has 0 fully saturated rings. The van der Waals surface area contributed by atoms with Crippen molar-refractivity contribution >= 4 is 17.8 Å². The first-order valence-electron chi connectivity index (χ1n) is 6.69. The van der Waals surface area contributed by atoms with Gasteiger partial charge in [0.05, 0.1) is 19.0 Å². The predicted molar refractivity (Wildman–Crippen MR) is 74.8 cm³/mol. The SMILES string of the molecule is CC(C)C(CC(=O)O)NC(=O)CNC(=O)[C@@H](N)C(C)C. The molecule has 7 nitrogen and oxygen atoms in total. The highest BCUT2D eigenvalue weighted by atomic mass is 16.4. The Balaban J connectivity index is 4.27. The maximum Gasteiger partial charge on any atom is 0.305 e. The number of carbonyl (C=O) groups is 3. The average molecular weight is 287 g/mol. The van der Waals surface area contributed by atoms with Gasteiger partial charge in [-0.2, -0.15) is 0 Å². The highest BCUT2D eigenvalue weighted by Gasteiger charge is 2.21. The summed E-state index contributed by atoms with van der Waals surface area (Å²) >= 11 is 0. The molecule has 0 bridgehead atoms. The van der Waals surface area contributed by atoms with Crippen molar-refractivity contribution in [2.75, 3.05) is 6.54 Å². The number of hydrogen-bond acceptors (Lipinski definition) is 4. The van der Waals surface area contributed by atoms with Gasteiger partial charge in [-0.15, -0.1) is 0 Å². The van der Waals surface area contributed by atoms with Crippen LogP contribution < -0.4 is 16.4 Å². The number of aliphatic carboxylic acids is 1. The Morgan fingerprint density at radius 2 is 1.65 bits per heavy atom. The van der Waals surface area contributed by atoms with Gasteiger partial charge in [0, 0.05) is 6.04 Å². The molecule has 0 aliphatic rings. The molecule has 0 aliphatic carbocycles. The first-order chi connectivity index (χ1) is 9.15. The van der Waals surface area contributed by atoms with Crippen molar-refractivity contribution in [3.63, 3.8) is 0 Å². The fourth-order valence-electron chi connectivity index (χ4n) is 1.49. The smallest absolute Gasteiger partial charge is 0.305 e. The lowest BCUT2D eigenvalue weighted by Gasteiger charge is -2.21. The third-order valence-electron chi connectivity index (χ3n) is 2.99. The Kier molecular flexibility index (Phi) is 7.83. The topological polar surface area (TPSA) is 122 Å². The lowest BCUT2D eigenvalue weighted by Crippen LogP contribution is -2.49. The molecule has 2 amide bonds. The zero-order chi connectivity index (χ0) is 15.9. The molecule has 0 aromatic carbocycles. The van der Waals surface area contributed by atoms with E-state index in [9.17, 15) is 14.4 Å². The molecule has 1 unspecified atom stereocenters. The summed E-state index contributed by atoms with van der Waals surface area (Å²) in [4.78, 5) is 33.9. The van der Waals surface area contributed by atoms with E-state index in [1.807, 2.05) is 27.7 Å². The molecule has 7 heteroatoms. The van der Waals surface area contributed by atoms with Crippen LogP contribution in [0.1, 0.15) is 34.1 Å². The van der Waals surface area contributed by atoms with E-state index in [1.54, 1.807) is 0 Å². The Bertz CT molecular complexity index is 356. The van der Waals surface area contributed by atoms with Crippen molar-refractivity contribution in [3.8, 4) is 0 Å². The second-order valence-corrected chi connectivity index (χ2v) is 5.50. The van der Waals surface area contributed by atoms with E-state index in [-0.39, 0.29) is 24.8 Å². The molecule has 0 saturated heterocycles. The molecule has 20 heavy (non-hydrogen) atoms. The van der Waals surface area contributed by atoms with E-state index in [2.05, 4.69) is 10.6 Å². The fourth-order valence-corrected chi connectivity index (χ4v) is 1.49. The summed E-state index contributed by atoms with van der Waals surface area (Å²) < 4.78 is 0. The lowest BCUT2D eigenvalue weighted by molar-refractivity contribution is -0.138. The number of nitrogens with one attached hydrogen (secondary N) is 2. The number of carbonyl (C=O) groups excluding carboxylic acids is 2. The molecule has 0 saturated carbocycles. The summed E-state index contributed by atoms with van der Waals surface area (Å²) in [6.45, 7) is 7.06. The van der Waals surface area contributed by atoms with Gasteiger partial charge in [0.2, 0.25) is 11.8 Å². The van der Waals surface area contributed by atoms with Gasteiger partial charge >= 0.3 is 5.97 Å². The highest BCUT2D eigenvalue weighted by molar-refractivity contribution is 5.87. The van der Waals surface area contributed by atoms with Crippen molar-refractivity contribution < 1.29 is 19.5 Å². The largest absolute Gasteiger partial charge is 0.481 e. The average Bonchev–Trinajstić information content (AvgIpc) is 2.33. The Morgan fingerprint density at radius 1 is 1.10 bits per heavy atom. The second kappa shape index (κ2) is 8.52. The van der Waals surface area contributed by atoms with Crippen LogP contribution in [0.3, 0.4) is 0 Å². The number of carboxylic acids is 1. The molecule has 0 aromatic heterocycles. The maximum atomic E-state index is 11.7. The zero-order valence-electron chi connectivity index (χ0n) is 12.5. The first-order valence-corrected chi connectivity index (χ1v) is 6.69. The molecule has 0 radical (unpaired) electrons. The highest BCUT2D eigenvalue weighted by Crippen LogP contribution is 2.05. The van der Waals surface area contributed by atoms with Crippen LogP contribution in [0.4, 0.5) is 0 Å². The Hall–Kier alpha value is -1.63. The summed E-state index contributed by atoms with van der Waals surface area (Å²) in [5.74, 6) is -1.82. The molecular formula is C13H25N3O4. The summed E-state index contributed by atoms with van der Waals surface area (Å²) in [5.41, 5.74) is 5.64. The van der Waals surface area contributed by atoms with Crippen LogP contribution in [0.15, 0.2) is 0 Å². The number of amides is 2. The molecular weight excluding hydrogens is 262 g/mol. The predicted octanol–water partition coefficient (Wildman–Crippen LogP) is -0.299. The van der Waals surface area contributed by atoms with Gasteiger partial charge in [-0.05, 0) is 11.8 Å². The van der Waals surface area contributed by atoms with E-state index in [4.69, 9.17) is 10.8 Å². The van der Waals surface area contributed by atoms with Gasteiger partial charge in [-0.3, -0.25) is 14.4 Å². The van der Waals surface area contributed by atoms with Crippen LogP contribution >= 0.6 is 0 Å². The van der Waals surface area contributed by atoms with E-state index in [1.165, 1.54) is 0 Å². The van der Waals surface area contributed by atoms with Crippen LogP contribution in [-0.4, -0.2) is 41.5 Å². The van der Waals surface area contributed by atoms with Gasteiger partial charge in [-0.1, -0.05) is 27.7 Å². The monoisotopic (exact) mass is 287 g/mol. The van der Waals surface area contributed by atoms with Crippen LogP contribution in [0, 0.1) is 11.8 Å². The number of carboxylic acid groups (broad SMARTS) is 1. The van der Waals surface area contributed by atoms with Crippen LogP contribution in [-0.2, 0) is 14.4 Å². The van der Waals surface area contributed by atoms with Gasteiger partial charge < -0.3 is 21.5 Å². The molecule has 0 rings (SSSR count). The normalized spacial score (nSPS) is 13.9. The van der Waals surface area contributed by atoms with Gasteiger partial charge in [0.25, 0.3) is 0 Å². The first kappa shape index (κ1) is 18.4. The molecule has 0 heterocycles. The minimum atomic E-state index is -0.977. The Labute approximate surface area is 119 Å². The van der Waals surface area contributed by atoms with Gasteiger partial charge in [0.15, 0.2) is 0 Å².